The molecule has 124 valence electrons. The summed E-state index contributed by atoms with van der Waals surface area (Å²) in [4.78, 5) is 11.7. The molecule has 0 aromatic heterocycles. The van der Waals surface area contributed by atoms with Crippen molar-refractivity contribution in [1.29, 1.82) is 0 Å². The molecule has 2 aromatic carbocycles. The minimum Gasteiger partial charge on any atom is -0.494 e. The van der Waals surface area contributed by atoms with E-state index in [1.807, 2.05) is 0 Å². The number of carbonyl (C=O) groups excluding carboxylic acids is 1. The lowest BCUT2D eigenvalue weighted by Crippen LogP contribution is -2.01. The van der Waals surface area contributed by atoms with Gasteiger partial charge in [0.2, 0.25) is 6.79 Å². The van der Waals surface area contributed by atoms with Gasteiger partial charge in [-0.2, -0.15) is 0 Å². The van der Waals surface area contributed by atoms with Crippen molar-refractivity contribution in [3.63, 3.8) is 0 Å². The van der Waals surface area contributed by atoms with Crippen molar-refractivity contribution >= 4 is 12.0 Å². The van der Waals surface area contributed by atoms with Crippen molar-refractivity contribution in [2.45, 2.75) is 6.61 Å². The fourth-order valence-electron chi connectivity index (χ4n) is 2.18. The highest BCUT2D eigenvalue weighted by Gasteiger charge is 2.12. The molecule has 0 N–H and O–H groups in total. The van der Waals surface area contributed by atoms with Crippen molar-refractivity contribution in [3.8, 4) is 17.2 Å². The number of rotatable bonds is 5. The van der Waals surface area contributed by atoms with Crippen molar-refractivity contribution in [2.24, 2.45) is 0 Å². The van der Waals surface area contributed by atoms with Crippen LogP contribution in [0.4, 0.5) is 4.39 Å². The van der Waals surface area contributed by atoms with Crippen LogP contribution < -0.4 is 14.2 Å². The van der Waals surface area contributed by atoms with Gasteiger partial charge in [-0.1, -0.05) is 12.1 Å². The molecule has 0 bridgehead atoms. The van der Waals surface area contributed by atoms with Gasteiger partial charge < -0.3 is 18.9 Å². The number of ether oxygens (including phenoxy) is 4. The maximum atomic E-state index is 13.6. The lowest BCUT2D eigenvalue weighted by Gasteiger charge is -2.05. The van der Waals surface area contributed by atoms with E-state index in [0.29, 0.717) is 17.1 Å². The zero-order valence-electron chi connectivity index (χ0n) is 13.0. The lowest BCUT2D eigenvalue weighted by atomic mass is 10.2. The van der Waals surface area contributed by atoms with Crippen LogP contribution in [0.5, 0.6) is 17.2 Å². The molecule has 0 unspecified atom stereocenters. The first kappa shape index (κ1) is 15.9. The third-order valence-corrected chi connectivity index (χ3v) is 3.41. The summed E-state index contributed by atoms with van der Waals surface area (Å²) in [5.41, 5.74) is 1.32. The number of carbonyl (C=O) groups is 1. The van der Waals surface area contributed by atoms with Crippen LogP contribution in [0.25, 0.3) is 6.08 Å². The van der Waals surface area contributed by atoms with E-state index < -0.39 is 11.8 Å². The van der Waals surface area contributed by atoms with E-state index in [1.54, 1.807) is 30.3 Å². The molecule has 0 fully saturated rings. The maximum Gasteiger partial charge on any atom is 0.331 e. The van der Waals surface area contributed by atoms with E-state index in [0.717, 1.165) is 5.56 Å². The second kappa shape index (κ2) is 7.04. The second-order valence-electron chi connectivity index (χ2n) is 5.02. The molecule has 0 radical (unpaired) electrons. The number of hydrogen-bond donors (Lipinski definition) is 0. The Morgan fingerprint density at radius 2 is 2.04 bits per heavy atom. The minimum absolute atomic E-state index is 0.0226. The molecule has 0 atom stereocenters. The number of halogens is 1. The Kier molecular flexibility index (Phi) is 4.65. The Morgan fingerprint density at radius 3 is 2.83 bits per heavy atom. The highest BCUT2D eigenvalue weighted by atomic mass is 19.1. The summed E-state index contributed by atoms with van der Waals surface area (Å²) in [6.45, 7) is 0.175. The number of fused-ring (bicyclic) bond motifs is 1. The molecular weight excluding hydrogens is 315 g/mol. The van der Waals surface area contributed by atoms with Gasteiger partial charge in [-0.15, -0.1) is 0 Å². The fourth-order valence-corrected chi connectivity index (χ4v) is 2.18. The quantitative estimate of drug-likeness (QED) is 0.622. The molecule has 0 aliphatic carbocycles. The van der Waals surface area contributed by atoms with Crippen LogP contribution in [0.15, 0.2) is 42.5 Å². The van der Waals surface area contributed by atoms with E-state index in [2.05, 4.69) is 0 Å². The van der Waals surface area contributed by atoms with Gasteiger partial charge in [-0.25, -0.2) is 9.18 Å². The molecule has 1 heterocycles. The zero-order chi connectivity index (χ0) is 16.9. The van der Waals surface area contributed by atoms with E-state index in [-0.39, 0.29) is 19.1 Å². The highest BCUT2D eigenvalue weighted by Crippen LogP contribution is 2.32. The van der Waals surface area contributed by atoms with Crippen LogP contribution in [0.3, 0.4) is 0 Å². The third-order valence-electron chi connectivity index (χ3n) is 3.41. The highest BCUT2D eigenvalue weighted by molar-refractivity contribution is 5.87. The predicted octanol–water partition coefficient (Wildman–Crippen LogP) is 3.32. The van der Waals surface area contributed by atoms with Crippen LogP contribution in [-0.2, 0) is 16.1 Å². The van der Waals surface area contributed by atoms with Gasteiger partial charge in [-0.3, -0.25) is 0 Å². The molecule has 0 saturated heterocycles. The molecule has 6 heteroatoms. The van der Waals surface area contributed by atoms with Gasteiger partial charge in [0, 0.05) is 6.08 Å². The van der Waals surface area contributed by atoms with Gasteiger partial charge in [-0.05, 0) is 41.5 Å². The second-order valence-corrected chi connectivity index (χ2v) is 5.02. The van der Waals surface area contributed by atoms with Crippen molar-refractivity contribution < 1.29 is 28.1 Å². The third kappa shape index (κ3) is 3.65. The Balaban J connectivity index is 1.56. The average Bonchev–Trinajstić information content (AvgIpc) is 3.06. The lowest BCUT2D eigenvalue weighted by molar-refractivity contribution is -0.138. The SMILES string of the molecule is COc1ccc(COC(=O)/C=C/c2ccc3c(c2)OCO3)cc1F. The summed E-state index contributed by atoms with van der Waals surface area (Å²) in [6, 6.07) is 9.74. The summed E-state index contributed by atoms with van der Waals surface area (Å²) < 4.78 is 33.9. The van der Waals surface area contributed by atoms with E-state index in [4.69, 9.17) is 18.9 Å². The molecule has 3 rings (SSSR count). The van der Waals surface area contributed by atoms with Crippen molar-refractivity contribution in [3.05, 3.63) is 59.4 Å². The van der Waals surface area contributed by atoms with Crippen LogP contribution >= 0.6 is 0 Å². The molecule has 24 heavy (non-hydrogen) atoms. The number of esters is 1. The van der Waals surface area contributed by atoms with E-state index in [9.17, 15) is 9.18 Å². The predicted molar refractivity (Wildman–Crippen MR) is 84.3 cm³/mol. The Morgan fingerprint density at radius 1 is 1.21 bits per heavy atom. The summed E-state index contributed by atoms with van der Waals surface area (Å²) in [5.74, 6) is 0.439. The van der Waals surface area contributed by atoms with Gasteiger partial charge in [0.15, 0.2) is 23.1 Å². The van der Waals surface area contributed by atoms with Gasteiger partial charge in [0.25, 0.3) is 0 Å². The largest absolute Gasteiger partial charge is 0.494 e. The monoisotopic (exact) mass is 330 g/mol. The standard InChI is InChI=1S/C18H15FO5/c1-21-15-5-3-13(8-14(15)19)10-22-18(20)7-4-12-2-6-16-17(9-12)24-11-23-16/h2-9H,10-11H2,1H3/b7-4+. The summed E-state index contributed by atoms with van der Waals surface area (Å²) in [6.07, 6.45) is 2.91. The van der Waals surface area contributed by atoms with Gasteiger partial charge >= 0.3 is 5.97 Å². The first-order chi connectivity index (χ1) is 11.7. The van der Waals surface area contributed by atoms with Crippen LogP contribution in [0, 0.1) is 5.82 Å². The Bertz CT molecular complexity index is 785. The Labute approximate surface area is 138 Å². The average molecular weight is 330 g/mol. The van der Waals surface area contributed by atoms with Crippen LogP contribution in [-0.4, -0.2) is 19.9 Å². The smallest absolute Gasteiger partial charge is 0.331 e. The molecule has 0 saturated carbocycles. The molecule has 1 aliphatic rings. The normalized spacial score (nSPS) is 12.4. The minimum atomic E-state index is -0.524. The van der Waals surface area contributed by atoms with Crippen molar-refractivity contribution in [1.82, 2.24) is 0 Å². The molecule has 0 amide bonds. The molecular formula is C18H15FO5. The summed E-state index contributed by atoms with van der Waals surface area (Å²) >= 11 is 0. The van der Waals surface area contributed by atoms with Crippen LogP contribution in [0.2, 0.25) is 0 Å². The molecule has 1 aliphatic heterocycles. The summed E-state index contributed by atoms with van der Waals surface area (Å²) in [7, 11) is 1.39. The molecule has 0 spiro atoms. The Hall–Kier alpha value is -3.02. The van der Waals surface area contributed by atoms with Gasteiger partial charge in [0.1, 0.15) is 6.61 Å². The van der Waals surface area contributed by atoms with Gasteiger partial charge in [0.05, 0.1) is 7.11 Å². The first-order valence-corrected chi connectivity index (χ1v) is 7.22. The number of benzene rings is 2. The molecule has 2 aromatic rings. The maximum absolute atomic E-state index is 13.6. The summed E-state index contributed by atoms with van der Waals surface area (Å²) in [5, 5.41) is 0. The van der Waals surface area contributed by atoms with Crippen molar-refractivity contribution in [2.75, 3.05) is 13.9 Å². The molecule has 5 nitrogen and oxygen atoms in total. The fraction of sp³-hybridized carbons (Fsp3) is 0.167. The van der Waals surface area contributed by atoms with E-state index >= 15 is 0 Å². The zero-order valence-corrected chi connectivity index (χ0v) is 13.0. The first-order valence-electron chi connectivity index (χ1n) is 7.22. The topological polar surface area (TPSA) is 54.0 Å². The number of hydrogen-bond acceptors (Lipinski definition) is 5. The number of methoxy groups -OCH3 is 1. The van der Waals surface area contributed by atoms with Crippen LogP contribution in [0.1, 0.15) is 11.1 Å². The van der Waals surface area contributed by atoms with E-state index in [1.165, 1.54) is 25.3 Å².